The van der Waals surface area contributed by atoms with Crippen molar-refractivity contribution in [3.8, 4) is 12.3 Å². The van der Waals surface area contributed by atoms with Crippen molar-refractivity contribution in [1.29, 1.82) is 0 Å². The normalized spacial score (nSPS) is 17.4. The Balaban J connectivity index is 2.15. The summed E-state index contributed by atoms with van der Waals surface area (Å²) in [5.74, 6) is 5.13. The molecule has 0 radical (unpaired) electrons. The largest absolute Gasteiger partial charge is 0.316 e. The average Bonchev–Trinajstić information content (AvgIpc) is 3.01. The second kappa shape index (κ2) is 7.74. The number of nitrogens with one attached hydrogen (secondary N) is 1. The first kappa shape index (κ1) is 14.5. The molecule has 2 nitrogen and oxygen atoms in total. The SMILES string of the molecule is C#CCN(CC(C)CNCC(C)C)CC1CC1. The predicted octanol–water partition coefficient (Wildman–Crippen LogP) is 2.21. The van der Waals surface area contributed by atoms with Gasteiger partial charge in [0.15, 0.2) is 0 Å². The molecule has 17 heavy (non-hydrogen) atoms. The minimum absolute atomic E-state index is 0.681. The lowest BCUT2D eigenvalue weighted by Crippen LogP contribution is -2.35. The number of nitrogens with zero attached hydrogens (tertiary/aromatic N) is 1. The molecule has 0 spiro atoms. The van der Waals surface area contributed by atoms with Gasteiger partial charge in [0.1, 0.15) is 0 Å². The Kier molecular flexibility index (Phi) is 6.62. The van der Waals surface area contributed by atoms with E-state index in [1.54, 1.807) is 0 Å². The van der Waals surface area contributed by atoms with E-state index in [9.17, 15) is 0 Å². The quantitative estimate of drug-likeness (QED) is 0.618. The van der Waals surface area contributed by atoms with Crippen molar-refractivity contribution in [2.75, 3.05) is 32.7 Å². The third-order valence-corrected chi connectivity index (χ3v) is 3.14. The molecule has 0 saturated heterocycles. The second-order valence-corrected chi connectivity index (χ2v) is 6.00. The summed E-state index contributed by atoms with van der Waals surface area (Å²) >= 11 is 0. The maximum absolute atomic E-state index is 5.43. The van der Waals surface area contributed by atoms with Crippen LogP contribution in [0, 0.1) is 30.1 Å². The van der Waals surface area contributed by atoms with Gasteiger partial charge in [0, 0.05) is 13.1 Å². The van der Waals surface area contributed by atoms with E-state index in [2.05, 4.69) is 36.9 Å². The van der Waals surface area contributed by atoms with Gasteiger partial charge in [-0.1, -0.05) is 26.7 Å². The number of terminal acetylenes is 1. The summed E-state index contributed by atoms with van der Waals surface area (Å²) in [6, 6.07) is 0. The van der Waals surface area contributed by atoms with E-state index in [0.717, 1.165) is 38.0 Å². The van der Waals surface area contributed by atoms with Crippen LogP contribution in [0.4, 0.5) is 0 Å². The van der Waals surface area contributed by atoms with E-state index < -0.39 is 0 Å². The van der Waals surface area contributed by atoms with Crippen molar-refractivity contribution in [3.05, 3.63) is 0 Å². The maximum Gasteiger partial charge on any atom is 0.0599 e. The number of rotatable bonds is 9. The fourth-order valence-electron chi connectivity index (χ4n) is 2.12. The van der Waals surface area contributed by atoms with Crippen LogP contribution in [0.15, 0.2) is 0 Å². The van der Waals surface area contributed by atoms with E-state index in [4.69, 9.17) is 6.42 Å². The van der Waals surface area contributed by atoms with Gasteiger partial charge in [0.2, 0.25) is 0 Å². The molecule has 98 valence electrons. The van der Waals surface area contributed by atoms with Crippen LogP contribution >= 0.6 is 0 Å². The summed E-state index contributed by atoms with van der Waals surface area (Å²) in [6.07, 6.45) is 8.24. The Morgan fingerprint density at radius 3 is 2.53 bits per heavy atom. The van der Waals surface area contributed by atoms with E-state index >= 15 is 0 Å². The Labute approximate surface area is 107 Å². The Hall–Kier alpha value is -0.520. The van der Waals surface area contributed by atoms with E-state index in [-0.39, 0.29) is 0 Å². The summed E-state index contributed by atoms with van der Waals surface area (Å²) in [7, 11) is 0. The van der Waals surface area contributed by atoms with Crippen LogP contribution in [0.25, 0.3) is 0 Å². The number of hydrogen-bond acceptors (Lipinski definition) is 2. The van der Waals surface area contributed by atoms with Crippen LogP contribution in [0.1, 0.15) is 33.6 Å². The van der Waals surface area contributed by atoms with E-state index in [1.165, 1.54) is 19.4 Å². The molecule has 1 atom stereocenters. The molecular weight excluding hydrogens is 208 g/mol. The lowest BCUT2D eigenvalue weighted by molar-refractivity contribution is 0.250. The molecule has 1 N–H and O–H groups in total. The highest BCUT2D eigenvalue weighted by Crippen LogP contribution is 2.29. The number of hydrogen-bond donors (Lipinski definition) is 1. The topological polar surface area (TPSA) is 15.3 Å². The Bertz CT molecular complexity index is 238. The molecule has 2 heteroatoms. The lowest BCUT2D eigenvalue weighted by atomic mass is 10.1. The van der Waals surface area contributed by atoms with E-state index in [0.29, 0.717) is 5.92 Å². The molecule has 1 aliphatic rings. The van der Waals surface area contributed by atoms with Gasteiger partial charge in [-0.25, -0.2) is 0 Å². The average molecular weight is 236 g/mol. The standard InChI is InChI=1S/C15H28N2/c1-5-8-17(12-15-6-7-15)11-14(4)10-16-9-13(2)3/h1,13-16H,6-12H2,2-4H3. The van der Waals surface area contributed by atoms with Crippen LogP contribution in [0.3, 0.4) is 0 Å². The first-order valence-electron chi connectivity index (χ1n) is 6.98. The molecule has 0 aliphatic heterocycles. The van der Waals surface area contributed by atoms with Crippen molar-refractivity contribution in [3.63, 3.8) is 0 Å². The summed E-state index contributed by atoms with van der Waals surface area (Å²) in [6.45, 7) is 12.2. The van der Waals surface area contributed by atoms with Crippen molar-refractivity contribution in [2.45, 2.75) is 33.6 Å². The van der Waals surface area contributed by atoms with Gasteiger partial charge in [-0.2, -0.15) is 0 Å². The highest BCUT2D eigenvalue weighted by Gasteiger charge is 2.24. The van der Waals surface area contributed by atoms with E-state index in [1.807, 2.05) is 0 Å². The lowest BCUT2D eigenvalue weighted by Gasteiger charge is -2.24. The fourth-order valence-corrected chi connectivity index (χ4v) is 2.12. The van der Waals surface area contributed by atoms with Crippen LogP contribution < -0.4 is 5.32 Å². The Morgan fingerprint density at radius 1 is 1.29 bits per heavy atom. The summed E-state index contributed by atoms with van der Waals surface area (Å²) in [5.41, 5.74) is 0. The van der Waals surface area contributed by atoms with Crippen LogP contribution in [0.2, 0.25) is 0 Å². The van der Waals surface area contributed by atoms with Crippen LogP contribution in [-0.2, 0) is 0 Å². The maximum atomic E-state index is 5.43. The third kappa shape index (κ3) is 7.41. The van der Waals surface area contributed by atoms with Crippen molar-refractivity contribution in [2.24, 2.45) is 17.8 Å². The molecule has 1 rings (SSSR count). The highest BCUT2D eigenvalue weighted by molar-refractivity contribution is 4.90. The second-order valence-electron chi connectivity index (χ2n) is 6.00. The van der Waals surface area contributed by atoms with Gasteiger partial charge in [0.25, 0.3) is 0 Å². The molecule has 1 aliphatic carbocycles. The van der Waals surface area contributed by atoms with Gasteiger partial charge < -0.3 is 5.32 Å². The fraction of sp³-hybridized carbons (Fsp3) is 0.867. The monoisotopic (exact) mass is 236 g/mol. The van der Waals surface area contributed by atoms with Gasteiger partial charge in [0.05, 0.1) is 6.54 Å². The summed E-state index contributed by atoms with van der Waals surface area (Å²) < 4.78 is 0. The molecule has 0 aromatic heterocycles. The summed E-state index contributed by atoms with van der Waals surface area (Å²) in [4.78, 5) is 2.44. The first-order valence-corrected chi connectivity index (χ1v) is 6.98. The molecule has 1 saturated carbocycles. The van der Waals surface area contributed by atoms with Gasteiger partial charge in [-0.3, -0.25) is 4.90 Å². The van der Waals surface area contributed by atoms with Gasteiger partial charge in [-0.15, -0.1) is 6.42 Å². The van der Waals surface area contributed by atoms with Crippen molar-refractivity contribution < 1.29 is 0 Å². The molecule has 0 bridgehead atoms. The zero-order chi connectivity index (χ0) is 12.7. The van der Waals surface area contributed by atoms with Crippen LogP contribution in [-0.4, -0.2) is 37.6 Å². The predicted molar refractivity (Wildman–Crippen MR) is 74.9 cm³/mol. The van der Waals surface area contributed by atoms with Crippen molar-refractivity contribution in [1.82, 2.24) is 10.2 Å². The first-order chi connectivity index (χ1) is 8.11. The summed E-state index contributed by atoms with van der Waals surface area (Å²) in [5, 5.41) is 3.52. The van der Waals surface area contributed by atoms with Crippen LogP contribution in [0.5, 0.6) is 0 Å². The molecule has 0 aromatic rings. The zero-order valence-electron chi connectivity index (χ0n) is 11.7. The molecular formula is C15H28N2. The minimum Gasteiger partial charge on any atom is -0.316 e. The molecule has 0 heterocycles. The van der Waals surface area contributed by atoms with Gasteiger partial charge >= 0.3 is 0 Å². The molecule has 0 aromatic carbocycles. The highest BCUT2D eigenvalue weighted by atomic mass is 15.1. The Morgan fingerprint density at radius 2 is 2.00 bits per heavy atom. The molecule has 1 fully saturated rings. The smallest absolute Gasteiger partial charge is 0.0599 e. The van der Waals surface area contributed by atoms with Crippen molar-refractivity contribution >= 4 is 0 Å². The zero-order valence-corrected chi connectivity index (χ0v) is 11.7. The molecule has 1 unspecified atom stereocenters. The van der Waals surface area contributed by atoms with Gasteiger partial charge in [-0.05, 0) is 43.7 Å². The molecule has 0 amide bonds. The minimum atomic E-state index is 0.681. The third-order valence-electron chi connectivity index (χ3n) is 3.14.